The van der Waals surface area contributed by atoms with Gasteiger partial charge < -0.3 is 15.2 Å². The Labute approximate surface area is 147 Å². The highest BCUT2D eigenvalue weighted by molar-refractivity contribution is 6.36. The first kappa shape index (κ1) is 20.5. The average Bonchev–Trinajstić information content (AvgIpc) is 2.47. The Morgan fingerprint density at radius 1 is 1.32 bits per heavy atom. The molecule has 1 unspecified atom stereocenters. The van der Waals surface area contributed by atoms with E-state index in [4.69, 9.17) is 9.84 Å². The summed E-state index contributed by atoms with van der Waals surface area (Å²) in [6.45, 7) is 9.46. The molecule has 0 aliphatic rings. The fraction of sp³-hybridized carbons (Fsp3) is 0.500. The summed E-state index contributed by atoms with van der Waals surface area (Å²) < 4.78 is 5.71. The highest BCUT2D eigenvalue weighted by atomic mass is 16.5. The summed E-state index contributed by atoms with van der Waals surface area (Å²) >= 11 is 0. The minimum Gasteiger partial charge on any atom is -0.474 e. The van der Waals surface area contributed by atoms with Gasteiger partial charge in [-0.2, -0.15) is 4.99 Å². The van der Waals surface area contributed by atoms with Crippen LogP contribution in [-0.2, 0) is 25.5 Å². The number of isocyanates is 1. The lowest BCUT2D eigenvalue weighted by Crippen LogP contribution is -2.28. The van der Waals surface area contributed by atoms with Crippen molar-refractivity contribution in [2.75, 3.05) is 5.32 Å². The second-order valence-electron chi connectivity index (χ2n) is 6.94. The van der Waals surface area contributed by atoms with Crippen molar-refractivity contribution >= 4 is 23.6 Å². The van der Waals surface area contributed by atoms with Crippen LogP contribution in [0.25, 0.3) is 0 Å². The average molecular weight is 348 g/mol. The number of ether oxygens (including phenoxy) is 1. The van der Waals surface area contributed by atoms with Crippen molar-refractivity contribution in [2.45, 2.75) is 58.8 Å². The predicted octanol–water partition coefficient (Wildman–Crippen LogP) is 2.85. The third-order valence-corrected chi connectivity index (χ3v) is 3.32. The number of nitrogens with zero attached hydrogens (tertiary/aromatic N) is 1. The molecule has 7 nitrogen and oxygen atoms in total. The highest BCUT2D eigenvalue weighted by Gasteiger charge is 2.21. The van der Waals surface area contributed by atoms with Crippen LogP contribution >= 0.6 is 0 Å². The molecule has 1 atom stereocenters. The van der Waals surface area contributed by atoms with Crippen LogP contribution < -0.4 is 5.32 Å². The topological polar surface area (TPSA) is 105 Å². The summed E-state index contributed by atoms with van der Waals surface area (Å²) in [5.41, 5.74) is 1.39. The summed E-state index contributed by atoms with van der Waals surface area (Å²) in [5, 5.41) is 11.2. The Morgan fingerprint density at radius 2 is 1.96 bits per heavy atom. The van der Waals surface area contributed by atoms with Gasteiger partial charge in [-0.15, -0.1) is 0 Å². The molecule has 0 saturated carbocycles. The number of benzene rings is 1. The summed E-state index contributed by atoms with van der Waals surface area (Å²) in [6.07, 6.45) is 0.893. The molecular weight excluding hydrogens is 324 g/mol. The number of carboxylic acids is 1. The van der Waals surface area contributed by atoms with Crippen LogP contribution in [0.15, 0.2) is 23.2 Å². The molecular formula is C18H24N2O5. The number of rotatable bonds is 6. The largest absolute Gasteiger partial charge is 0.474 e. The van der Waals surface area contributed by atoms with Crippen LogP contribution in [0.2, 0.25) is 0 Å². The standard InChI is InChI=1S/C18H24N2O5/c1-11(2)12-6-7-13(14(8-12)20-16(22)17(23)24)9-15(19-10-21)25-18(3,4)5/h6-8,11,15H,9H2,1-5H3,(H,20,22)(H,23,24). The normalized spacial score (nSPS) is 12.4. The number of hydrogen-bond donors (Lipinski definition) is 2. The molecule has 0 aliphatic carbocycles. The van der Waals surface area contributed by atoms with Gasteiger partial charge in [-0.3, -0.25) is 4.79 Å². The maximum atomic E-state index is 11.6. The van der Waals surface area contributed by atoms with Gasteiger partial charge in [0.25, 0.3) is 0 Å². The lowest BCUT2D eigenvalue weighted by molar-refractivity contribution is -0.147. The fourth-order valence-electron chi connectivity index (χ4n) is 2.19. The molecule has 1 aromatic carbocycles. The Bertz CT molecular complexity index is 685. The molecule has 0 saturated heterocycles. The summed E-state index contributed by atoms with van der Waals surface area (Å²) in [7, 11) is 0. The van der Waals surface area contributed by atoms with Crippen molar-refractivity contribution < 1.29 is 24.2 Å². The number of aliphatic imine (C=N–C) groups is 1. The summed E-state index contributed by atoms with van der Waals surface area (Å²) in [5.74, 6) is -2.51. The molecule has 0 aliphatic heterocycles. The van der Waals surface area contributed by atoms with Crippen molar-refractivity contribution in [1.82, 2.24) is 0 Å². The summed E-state index contributed by atoms with van der Waals surface area (Å²) in [4.78, 5) is 36.7. The lowest BCUT2D eigenvalue weighted by Gasteiger charge is -2.25. The Kier molecular flexibility index (Phi) is 7.03. The number of carboxylic acid groups (broad SMARTS) is 1. The Hall–Kier alpha value is -2.50. The SMILES string of the molecule is CC(C)c1ccc(CC(N=C=O)OC(C)(C)C)c(NC(=O)C(=O)O)c1. The monoisotopic (exact) mass is 348 g/mol. The maximum Gasteiger partial charge on any atom is 0.394 e. The van der Waals surface area contributed by atoms with Gasteiger partial charge in [-0.05, 0) is 43.9 Å². The van der Waals surface area contributed by atoms with Crippen LogP contribution in [0.3, 0.4) is 0 Å². The zero-order valence-corrected chi connectivity index (χ0v) is 15.1. The van der Waals surface area contributed by atoms with E-state index in [2.05, 4.69) is 10.3 Å². The van der Waals surface area contributed by atoms with E-state index < -0.39 is 23.7 Å². The number of aliphatic carboxylic acids is 1. The van der Waals surface area contributed by atoms with Crippen molar-refractivity contribution in [3.63, 3.8) is 0 Å². The van der Waals surface area contributed by atoms with E-state index in [1.54, 1.807) is 12.1 Å². The van der Waals surface area contributed by atoms with E-state index in [1.165, 1.54) is 6.08 Å². The molecule has 0 fully saturated rings. The maximum absolute atomic E-state index is 11.6. The van der Waals surface area contributed by atoms with Gasteiger partial charge in [0.1, 0.15) is 0 Å². The highest BCUT2D eigenvalue weighted by Crippen LogP contribution is 2.26. The second kappa shape index (κ2) is 8.55. The lowest BCUT2D eigenvalue weighted by atomic mass is 9.98. The number of nitrogens with one attached hydrogen (secondary N) is 1. The number of carbonyl (C=O) groups excluding carboxylic acids is 2. The van der Waals surface area contributed by atoms with E-state index in [9.17, 15) is 14.4 Å². The zero-order chi connectivity index (χ0) is 19.2. The van der Waals surface area contributed by atoms with Crippen LogP contribution in [0.4, 0.5) is 5.69 Å². The molecule has 0 spiro atoms. The molecule has 1 amide bonds. The molecule has 0 bridgehead atoms. The zero-order valence-electron chi connectivity index (χ0n) is 15.1. The van der Waals surface area contributed by atoms with Gasteiger partial charge >= 0.3 is 11.9 Å². The van der Waals surface area contributed by atoms with Crippen molar-refractivity contribution in [3.8, 4) is 0 Å². The van der Waals surface area contributed by atoms with E-state index in [1.807, 2.05) is 40.7 Å². The molecule has 2 N–H and O–H groups in total. The van der Waals surface area contributed by atoms with Gasteiger partial charge in [0.2, 0.25) is 6.08 Å². The molecule has 0 radical (unpaired) electrons. The van der Waals surface area contributed by atoms with Gasteiger partial charge in [0, 0.05) is 12.1 Å². The van der Waals surface area contributed by atoms with E-state index in [-0.39, 0.29) is 12.3 Å². The Morgan fingerprint density at radius 3 is 2.44 bits per heavy atom. The number of hydrogen-bond acceptors (Lipinski definition) is 5. The third kappa shape index (κ3) is 6.87. The molecule has 0 aromatic heterocycles. The van der Waals surface area contributed by atoms with Crippen LogP contribution in [-0.4, -0.2) is 34.9 Å². The van der Waals surface area contributed by atoms with E-state index >= 15 is 0 Å². The van der Waals surface area contributed by atoms with E-state index in [0.717, 1.165) is 5.56 Å². The first-order chi connectivity index (χ1) is 11.5. The molecule has 25 heavy (non-hydrogen) atoms. The number of anilines is 1. The quantitative estimate of drug-likeness (QED) is 0.467. The number of amides is 1. The summed E-state index contributed by atoms with van der Waals surface area (Å²) in [6, 6.07) is 5.38. The van der Waals surface area contributed by atoms with Crippen molar-refractivity contribution in [1.29, 1.82) is 0 Å². The van der Waals surface area contributed by atoms with Crippen molar-refractivity contribution in [3.05, 3.63) is 29.3 Å². The predicted molar refractivity (Wildman–Crippen MR) is 93.2 cm³/mol. The van der Waals surface area contributed by atoms with Gasteiger partial charge in [-0.1, -0.05) is 26.0 Å². The van der Waals surface area contributed by atoms with Crippen molar-refractivity contribution in [2.24, 2.45) is 4.99 Å². The van der Waals surface area contributed by atoms with Crippen LogP contribution in [0, 0.1) is 0 Å². The molecule has 7 heteroatoms. The molecule has 136 valence electrons. The fourth-order valence-corrected chi connectivity index (χ4v) is 2.19. The first-order valence-electron chi connectivity index (χ1n) is 7.95. The smallest absolute Gasteiger partial charge is 0.394 e. The van der Waals surface area contributed by atoms with Crippen LogP contribution in [0.5, 0.6) is 0 Å². The number of carbonyl (C=O) groups is 2. The molecule has 0 heterocycles. The minimum atomic E-state index is -1.57. The second-order valence-corrected chi connectivity index (χ2v) is 6.94. The minimum absolute atomic E-state index is 0.195. The van der Waals surface area contributed by atoms with Crippen LogP contribution in [0.1, 0.15) is 51.7 Å². The van der Waals surface area contributed by atoms with Gasteiger partial charge in [0.05, 0.1) is 5.60 Å². The van der Waals surface area contributed by atoms with Gasteiger partial charge in [-0.25, -0.2) is 9.59 Å². The third-order valence-electron chi connectivity index (χ3n) is 3.32. The molecule has 1 rings (SSSR count). The van der Waals surface area contributed by atoms with Gasteiger partial charge in [0.15, 0.2) is 6.23 Å². The van der Waals surface area contributed by atoms with E-state index in [0.29, 0.717) is 11.3 Å². The Balaban J connectivity index is 3.20. The molecule has 1 aromatic rings. The first-order valence-corrected chi connectivity index (χ1v) is 7.95.